The van der Waals surface area contributed by atoms with E-state index in [1.807, 2.05) is 13.8 Å². The predicted molar refractivity (Wildman–Crippen MR) is 69.0 cm³/mol. The van der Waals surface area contributed by atoms with Gasteiger partial charge in [0.2, 0.25) is 0 Å². The van der Waals surface area contributed by atoms with E-state index in [9.17, 15) is 4.79 Å². The number of rotatable bonds is 9. The Labute approximate surface area is 105 Å². The first-order valence-corrected chi connectivity index (χ1v) is 6.35. The molecule has 0 amide bonds. The molecule has 0 saturated carbocycles. The fourth-order valence-corrected chi connectivity index (χ4v) is 1.50. The molecule has 0 aliphatic carbocycles. The zero-order valence-corrected chi connectivity index (χ0v) is 11.8. The van der Waals surface area contributed by atoms with Crippen molar-refractivity contribution in [3.63, 3.8) is 0 Å². The quantitative estimate of drug-likeness (QED) is 0.631. The lowest BCUT2D eigenvalue weighted by Crippen LogP contribution is -2.42. The molecule has 4 heteroatoms. The first-order chi connectivity index (χ1) is 7.96. The Morgan fingerprint density at radius 1 is 1.35 bits per heavy atom. The lowest BCUT2D eigenvalue weighted by Gasteiger charge is -2.27. The number of nitrogens with one attached hydrogen (secondary N) is 1. The van der Waals surface area contributed by atoms with Crippen LogP contribution in [0.4, 0.5) is 0 Å². The van der Waals surface area contributed by atoms with Gasteiger partial charge in [-0.25, -0.2) is 0 Å². The Bertz CT molecular complexity index is 217. The van der Waals surface area contributed by atoms with E-state index >= 15 is 0 Å². The van der Waals surface area contributed by atoms with E-state index < -0.39 is 0 Å². The maximum Gasteiger partial charge on any atom is 0.323 e. The molecule has 1 N–H and O–H groups in total. The largest absolute Gasteiger partial charge is 0.465 e. The topological polar surface area (TPSA) is 47.6 Å². The summed E-state index contributed by atoms with van der Waals surface area (Å²) in [5.74, 6) is -0.155. The third-order valence-corrected chi connectivity index (χ3v) is 2.79. The minimum Gasteiger partial charge on any atom is -0.465 e. The molecule has 0 aromatic carbocycles. The van der Waals surface area contributed by atoms with Gasteiger partial charge >= 0.3 is 5.97 Å². The molecule has 0 aromatic heterocycles. The summed E-state index contributed by atoms with van der Waals surface area (Å²) in [6.07, 6.45) is 1.72. The fraction of sp³-hybridized carbons (Fsp3) is 0.923. The smallest absolute Gasteiger partial charge is 0.323 e. The lowest BCUT2D eigenvalue weighted by atomic mass is 9.89. The summed E-state index contributed by atoms with van der Waals surface area (Å²) in [5, 5.41) is 3.27. The van der Waals surface area contributed by atoms with Crippen molar-refractivity contribution in [1.29, 1.82) is 0 Å². The van der Waals surface area contributed by atoms with Crippen molar-refractivity contribution in [3.05, 3.63) is 0 Å². The Hall–Kier alpha value is -0.610. The Morgan fingerprint density at radius 3 is 2.47 bits per heavy atom. The molecule has 0 heterocycles. The first kappa shape index (κ1) is 16.4. The highest BCUT2D eigenvalue weighted by molar-refractivity contribution is 5.75. The van der Waals surface area contributed by atoms with Crippen molar-refractivity contribution in [1.82, 2.24) is 5.32 Å². The van der Waals surface area contributed by atoms with Crippen LogP contribution in [0.2, 0.25) is 0 Å². The van der Waals surface area contributed by atoms with Gasteiger partial charge in [-0.2, -0.15) is 0 Å². The standard InChI is InChI=1S/C13H27NO3/c1-6-11(12(15)17-7-2)14-10-13(3,4)8-9-16-5/h11,14H,6-10H2,1-5H3. The van der Waals surface area contributed by atoms with Gasteiger partial charge in [0.15, 0.2) is 0 Å². The van der Waals surface area contributed by atoms with Gasteiger partial charge in [0, 0.05) is 20.3 Å². The van der Waals surface area contributed by atoms with Gasteiger partial charge in [0.1, 0.15) is 6.04 Å². The molecule has 0 aromatic rings. The zero-order chi connectivity index (χ0) is 13.3. The summed E-state index contributed by atoms with van der Waals surface area (Å²) in [6, 6.07) is -0.197. The third kappa shape index (κ3) is 7.34. The molecule has 0 aliphatic rings. The number of carbonyl (C=O) groups is 1. The number of hydrogen-bond donors (Lipinski definition) is 1. The average molecular weight is 245 g/mol. The summed E-state index contributed by atoms with van der Waals surface area (Å²) in [4.78, 5) is 11.6. The van der Waals surface area contributed by atoms with Crippen LogP contribution in [0.1, 0.15) is 40.5 Å². The number of hydrogen-bond acceptors (Lipinski definition) is 4. The van der Waals surface area contributed by atoms with Crippen LogP contribution in [-0.2, 0) is 14.3 Å². The van der Waals surface area contributed by atoms with Gasteiger partial charge in [-0.15, -0.1) is 0 Å². The Morgan fingerprint density at radius 2 is 2.00 bits per heavy atom. The van der Waals surface area contributed by atoms with E-state index in [0.717, 1.165) is 26.0 Å². The summed E-state index contributed by atoms with van der Waals surface area (Å²) < 4.78 is 10.1. The highest BCUT2D eigenvalue weighted by Crippen LogP contribution is 2.19. The van der Waals surface area contributed by atoms with Crippen molar-refractivity contribution >= 4 is 5.97 Å². The number of methoxy groups -OCH3 is 1. The third-order valence-electron chi connectivity index (χ3n) is 2.79. The van der Waals surface area contributed by atoms with Gasteiger partial charge < -0.3 is 14.8 Å². The van der Waals surface area contributed by atoms with Crippen LogP contribution in [0.25, 0.3) is 0 Å². The molecule has 1 atom stereocenters. The summed E-state index contributed by atoms with van der Waals surface area (Å²) in [5.41, 5.74) is 0.121. The molecule has 0 aliphatic heterocycles. The van der Waals surface area contributed by atoms with Crippen molar-refractivity contribution in [2.75, 3.05) is 26.9 Å². The summed E-state index contributed by atoms with van der Waals surface area (Å²) >= 11 is 0. The van der Waals surface area contributed by atoms with E-state index in [1.54, 1.807) is 7.11 Å². The van der Waals surface area contributed by atoms with Crippen LogP contribution in [0.5, 0.6) is 0 Å². The van der Waals surface area contributed by atoms with Crippen LogP contribution in [0.15, 0.2) is 0 Å². The molecule has 0 saturated heterocycles. The highest BCUT2D eigenvalue weighted by atomic mass is 16.5. The van der Waals surface area contributed by atoms with E-state index in [-0.39, 0.29) is 17.4 Å². The molecule has 102 valence electrons. The van der Waals surface area contributed by atoms with Crippen LogP contribution in [-0.4, -0.2) is 38.9 Å². The first-order valence-electron chi connectivity index (χ1n) is 6.35. The van der Waals surface area contributed by atoms with Crippen molar-refractivity contribution in [3.8, 4) is 0 Å². The molecule has 1 unspecified atom stereocenters. The number of carbonyl (C=O) groups excluding carboxylic acids is 1. The van der Waals surface area contributed by atoms with E-state index in [1.165, 1.54) is 0 Å². The van der Waals surface area contributed by atoms with E-state index in [0.29, 0.717) is 6.61 Å². The molecule has 4 nitrogen and oxygen atoms in total. The van der Waals surface area contributed by atoms with Gasteiger partial charge in [-0.1, -0.05) is 20.8 Å². The number of esters is 1. The van der Waals surface area contributed by atoms with Gasteiger partial charge in [-0.05, 0) is 25.2 Å². The van der Waals surface area contributed by atoms with Gasteiger partial charge in [0.05, 0.1) is 6.61 Å². The minimum absolute atomic E-state index is 0.121. The van der Waals surface area contributed by atoms with Crippen molar-refractivity contribution in [2.45, 2.75) is 46.6 Å². The zero-order valence-electron chi connectivity index (χ0n) is 11.8. The number of ether oxygens (including phenoxy) is 2. The monoisotopic (exact) mass is 245 g/mol. The second kappa shape index (κ2) is 8.48. The van der Waals surface area contributed by atoms with Crippen LogP contribution in [0.3, 0.4) is 0 Å². The molecule has 0 fully saturated rings. The summed E-state index contributed by atoms with van der Waals surface area (Å²) in [6.45, 7) is 10.1. The van der Waals surface area contributed by atoms with Gasteiger partial charge in [-0.3, -0.25) is 4.79 Å². The normalized spacial score (nSPS) is 13.5. The van der Waals surface area contributed by atoms with Crippen LogP contribution in [0, 0.1) is 5.41 Å². The van der Waals surface area contributed by atoms with Crippen LogP contribution < -0.4 is 5.32 Å². The van der Waals surface area contributed by atoms with Crippen molar-refractivity contribution < 1.29 is 14.3 Å². The molecule has 0 spiro atoms. The Balaban J connectivity index is 4.08. The van der Waals surface area contributed by atoms with E-state index in [2.05, 4.69) is 19.2 Å². The second-order valence-corrected chi connectivity index (χ2v) is 5.00. The maximum atomic E-state index is 11.6. The predicted octanol–water partition coefficient (Wildman–Crippen LogP) is 1.98. The average Bonchev–Trinajstić information content (AvgIpc) is 2.27. The Kier molecular flexibility index (Phi) is 8.17. The SMILES string of the molecule is CCOC(=O)C(CC)NCC(C)(C)CCOC. The van der Waals surface area contributed by atoms with E-state index in [4.69, 9.17) is 9.47 Å². The molecule has 0 rings (SSSR count). The molecular weight excluding hydrogens is 218 g/mol. The molecule has 0 bridgehead atoms. The molecule has 17 heavy (non-hydrogen) atoms. The fourth-order valence-electron chi connectivity index (χ4n) is 1.50. The summed E-state index contributed by atoms with van der Waals surface area (Å²) in [7, 11) is 1.71. The molecule has 0 radical (unpaired) electrons. The second-order valence-electron chi connectivity index (χ2n) is 5.00. The maximum absolute atomic E-state index is 11.6. The van der Waals surface area contributed by atoms with Crippen LogP contribution >= 0.6 is 0 Å². The highest BCUT2D eigenvalue weighted by Gasteiger charge is 2.22. The molecular formula is C13H27NO3. The van der Waals surface area contributed by atoms with Gasteiger partial charge in [0.25, 0.3) is 0 Å². The minimum atomic E-state index is -0.197. The lowest BCUT2D eigenvalue weighted by molar-refractivity contribution is -0.145. The van der Waals surface area contributed by atoms with Crippen molar-refractivity contribution in [2.24, 2.45) is 5.41 Å².